The number of sulfone groups is 1. The highest BCUT2D eigenvalue weighted by Gasteiger charge is 2.48. The summed E-state index contributed by atoms with van der Waals surface area (Å²) in [6, 6.07) is 11.1. The van der Waals surface area contributed by atoms with Crippen molar-refractivity contribution in [3.05, 3.63) is 69.8 Å². The van der Waals surface area contributed by atoms with Gasteiger partial charge >= 0.3 is 6.03 Å². The minimum absolute atomic E-state index is 0.267. The van der Waals surface area contributed by atoms with Crippen molar-refractivity contribution < 1.29 is 27.7 Å². The van der Waals surface area contributed by atoms with Gasteiger partial charge in [0, 0.05) is 24.0 Å². The van der Waals surface area contributed by atoms with Crippen molar-refractivity contribution in [2.24, 2.45) is 0 Å². The summed E-state index contributed by atoms with van der Waals surface area (Å²) in [4.78, 5) is 47.7. The molecule has 1 aliphatic heterocycles. The second kappa shape index (κ2) is 8.38. The highest BCUT2D eigenvalue weighted by molar-refractivity contribution is 7.90. The van der Waals surface area contributed by atoms with Crippen LogP contribution in [0, 0.1) is 10.1 Å². The molecule has 0 aromatic heterocycles. The summed E-state index contributed by atoms with van der Waals surface area (Å²) in [5.74, 6) is -1.75. The molecule has 1 saturated heterocycles. The smallest absolute Gasteiger partial charge is 0.322 e. The van der Waals surface area contributed by atoms with E-state index in [0.29, 0.717) is 11.4 Å². The summed E-state index contributed by atoms with van der Waals surface area (Å²) in [7, 11) is -3.86. The second-order valence-electron chi connectivity index (χ2n) is 7.57. The van der Waals surface area contributed by atoms with E-state index in [2.05, 4.69) is 10.7 Å². The van der Waals surface area contributed by atoms with E-state index in [4.69, 9.17) is 0 Å². The van der Waals surface area contributed by atoms with Crippen LogP contribution >= 0.6 is 0 Å². The van der Waals surface area contributed by atoms with Gasteiger partial charge in [0.1, 0.15) is 5.54 Å². The Bertz CT molecular complexity index is 1210. The lowest BCUT2D eigenvalue weighted by molar-refractivity contribution is -0.385. The van der Waals surface area contributed by atoms with Crippen LogP contribution in [0.5, 0.6) is 0 Å². The monoisotopic (exact) mass is 460 g/mol. The summed E-state index contributed by atoms with van der Waals surface area (Å²) in [6.45, 7) is 1.53. The quantitative estimate of drug-likeness (QED) is 0.361. The predicted molar refractivity (Wildman–Crippen MR) is 112 cm³/mol. The minimum Gasteiger partial charge on any atom is -0.322 e. The topological polar surface area (TPSA) is 156 Å². The van der Waals surface area contributed by atoms with Gasteiger partial charge in [-0.2, -0.15) is 5.01 Å². The Labute approximate surface area is 183 Å². The number of hydrogen-bond donors (Lipinski definition) is 2. The van der Waals surface area contributed by atoms with Crippen LogP contribution in [0.15, 0.2) is 53.4 Å². The van der Waals surface area contributed by atoms with Crippen molar-refractivity contribution in [1.29, 1.82) is 0 Å². The Morgan fingerprint density at radius 2 is 1.84 bits per heavy atom. The van der Waals surface area contributed by atoms with Gasteiger partial charge in [-0.15, -0.1) is 0 Å². The summed E-state index contributed by atoms with van der Waals surface area (Å²) in [6.07, 6.45) is 1.60. The Hall–Kier alpha value is -3.80. The highest BCUT2D eigenvalue weighted by atomic mass is 32.2. The van der Waals surface area contributed by atoms with Gasteiger partial charge < -0.3 is 5.32 Å². The molecular formula is C20H20N4O7S. The molecule has 0 spiro atoms. The summed E-state index contributed by atoms with van der Waals surface area (Å²) in [5, 5.41) is 14.2. The van der Waals surface area contributed by atoms with Crippen LogP contribution in [-0.2, 0) is 21.1 Å². The highest BCUT2D eigenvalue weighted by Crippen LogP contribution is 2.24. The SMILES string of the molecule is CC1(CCc2ccccc2)NC(=O)N(NC(=O)c2cc([N+](=O)[O-])cc(S(C)(=O)=O)c2)C1=O. The molecule has 0 saturated carbocycles. The normalized spacial score (nSPS) is 18.4. The Kier molecular flexibility index (Phi) is 5.99. The van der Waals surface area contributed by atoms with Crippen molar-refractivity contribution >= 4 is 33.4 Å². The number of imide groups is 1. The van der Waals surface area contributed by atoms with E-state index >= 15 is 0 Å². The molecule has 1 fully saturated rings. The summed E-state index contributed by atoms with van der Waals surface area (Å²) < 4.78 is 23.6. The number of benzene rings is 2. The molecule has 2 N–H and O–H groups in total. The number of carbonyl (C=O) groups excluding carboxylic acids is 3. The van der Waals surface area contributed by atoms with Gasteiger partial charge in [0.25, 0.3) is 17.5 Å². The van der Waals surface area contributed by atoms with Crippen molar-refractivity contribution in [2.75, 3.05) is 6.26 Å². The molecule has 2 aromatic carbocycles. The fraction of sp³-hybridized carbons (Fsp3) is 0.250. The lowest BCUT2D eigenvalue weighted by atomic mass is 9.93. The van der Waals surface area contributed by atoms with Gasteiger partial charge in [-0.3, -0.25) is 25.1 Å². The van der Waals surface area contributed by atoms with Crippen LogP contribution in [0.4, 0.5) is 10.5 Å². The standard InChI is InChI=1S/C20H20N4O7S/c1-20(9-8-13-6-4-3-5-7-13)18(26)23(19(27)21-20)22-17(25)14-10-15(24(28)29)12-16(11-14)32(2,30)31/h3-7,10-12H,8-9H2,1-2H3,(H,21,27)(H,22,25). The van der Waals surface area contributed by atoms with E-state index in [1.807, 2.05) is 30.3 Å². The maximum absolute atomic E-state index is 12.9. The molecule has 0 bridgehead atoms. The number of nitro benzene ring substituents is 1. The van der Waals surface area contributed by atoms with Crippen LogP contribution in [-0.4, -0.2) is 48.0 Å². The van der Waals surface area contributed by atoms with Gasteiger partial charge in [-0.25, -0.2) is 13.2 Å². The number of rotatable bonds is 7. The van der Waals surface area contributed by atoms with Crippen LogP contribution in [0.3, 0.4) is 0 Å². The minimum atomic E-state index is -3.86. The maximum Gasteiger partial charge on any atom is 0.344 e. The first kappa shape index (κ1) is 22.9. The van der Waals surface area contributed by atoms with Crippen molar-refractivity contribution in [3.63, 3.8) is 0 Å². The van der Waals surface area contributed by atoms with E-state index in [-0.39, 0.29) is 6.42 Å². The molecular weight excluding hydrogens is 440 g/mol. The van der Waals surface area contributed by atoms with Gasteiger partial charge in [0.05, 0.1) is 9.82 Å². The predicted octanol–water partition coefficient (Wildman–Crippen LogP) is 1.59. The van der Waals surface area contributed by atoms with Gasteiger partial charge in [-0.1, -0.05) is 30.3 Å². The lowest BCUT2D eigenvalue weighted by Gasteiger charge is -2.21. The lowest BCUT2D eigenvalue weighted by Crippen LogP contribution is -2.49. The third kappa shape index (κ3) is 4.75. The third-order valence-corrected chi connectivity index (χ3v) is 6.12. The van der Waals surface area contributed by atoms with Crippen LogP contribution in [0.1, 0.15) is 29.3 Å². The average molecular weight is 460 g/mol. The second-order valence-corrected chi connectivity index (χ2v) is 9.59. The summed E-state index contributed by atoms with van der Waals surface area (Å²) >= 11 is 0. The molecule has 0 aliphatic carbocycles. The van der Waals surface area contributed by atoms with Gasteiger partial charge in [0.15, 0.2) is 9.84 Å². The molecule has 11 nitrogen and oxygen atoms in total. The molecule has 3 rings (SSSR count). The van der Waals surface area contributed by atoms with Crippen molar-refractivity contribution in [3.8, 4) is 0 Å². The molecule has 1 heterocycles. The fourth-order valence-electron chi connectivity index (χ4n) is 3.19. The van der Waals surface area contributed by atoms with Gasteiger partial charge in [0.2, 0.25) is 0 Å². The van der Waals surface area contributed by atoms with Crippen LogP contribution < -0.4 is 10.7 Å². The molecule has 1 aliphatic rings. The van der Waals surface area contributed by atoms with E-state index in [1.165, 1.54) is 6.92 Å². The van der Waals surface area contributed by atoms with E-state index in [0.717, 1.165) is 30.0 Å². The number of nitrogens with one attached hydrogen (secondary N) is 2. The molecule has 0 radical (unpaired) electrons. The van der Waals surface area contributed by atoms with Crippen LogP contribution in [0.2, 0.25) is 0 Å². The Morgan fingerprint density at radius 3 is 2.44 bits per heavy atom. The van der Waals surface area contributed by atoms with Crippen LogP contribution in [0.25, 0.3) is 0 Å². The molecule has 4 amide bonds. The maximum atomic E-state index is 12.9. The average Bonchev–Trinajstić information content (AvgIpc) is 2.95. The number of nitrogens with zero attached hydrogens (tertiary/aromatic N) is 2. The molecule has 1 unspecified atom stereocenters. The zero-order valence-electron chi connectivity index (χ0n) is 17.2. The Morgan fingerprint density at radius 1 is 1.19 bits per heavy atom. The molecule has 32 heavy (non-hydrogen) atoms. The first-order valence-electron chi connectivity index (χ1n) is 9.42. The number of aryl methyl sites for hydroxylation is 1. The molecule has 12 heteroatoms. The number of non-ortho nitro benzene ring substituents is 1. The molecule has 1 atom stereocenters. The number of amides is 4. The fourth-order valence-corrected chi connectivity index (χ4v) is 3.87. The Balaban J connectivity index is 1.80. The van der Waals surface area contributed by atoms with E-state index < -0.39 is 54.3 Å². The third-order valence-electron chi connectivity index (χ3n) is 5.02. The largest absolute Gasteiger partial charge is 0.344 e. The molecule has 168 valence electrons. The first-order valence-corrected chi connectivity index (χ1v) is 11.3. The zero-order valence-corrected chi connectivity index (χ0v) is 18.0. The summed E-state index contributed by atoms with van der Waals surface area (Å²) in [5.41, 5.74) is 0.780. The number of urea groups is 1. The van der Waals surface area contributed by atoms with Gasteiger partial charge in [-0.05, 0) is 31.4 Å². The zero-order chi connectivity index (χ0) is 23.7. The number of hydrazine groups is 1. The number of carbonyl (C=O) groups is 3. The first-order chi connectivity index (χ1) is 14.9. The molecule has 2 aromatic rings. The van der Waals surface area contributed by atoms with E-state index in [1.54, 1.807) is 0 Å². The number of nitro groups is 1. The number of hydrogen-bond acceptors (Lipinski definition) is 7. The van der Waals surface area contributed by atoms with Crippen molar-refractivity contribution in [1.82, 2.24) is 15.8 Å². The van der Waals surface area contributed by atoms with E-state index in [9.17, 15) is 32.9 Å². The van der Waals surface area contributed by atoms with Crippen molar-refractivity contribution in [2.45, 2.75) is 30.2 Å².